The summed E-state index contributed by atoms with van der Waals surface area (Å²) >= 11 is 9.01. The van der Waals surface area contributed by atoms with Crippen LogP contribution >= 0.6 is 27.5 Å². The van der Waals surface area contributed by atoms with E-state index < -0.39 is 0 Å². The van der Waals surface area contributed by atoms with Gasteiger partial charge in [-0.05, 0) is 36.6 Å². The molecule has 0 amide bonds. The van der Waals surface area contributed by atoms with Gasteiger partial charge < -0.3 is 0 Å². The van der Waals surface area contributed by atoms with Crippen LogP contribution in [0.2, 0.25) is 0 Å². The predicted molar refractivity (Wildman–Crippen MR) is 72.3 cm³/mol. The molecule has 0 unspecified atom stereocenters. The highest BCUT2D eigenvalue weighted by atomic mass is 79.9. The van der Waals surface area contributed by atoms with Crippen LogP contribution in [0.5, 0.6) is 0 Å². The van der Waals surface area contributed by atoms with E-state index in [-0.39, 0.29) is 5.82 Å². The normalized spacial score (nSPS) is 10.8. The summed E-state index contributed by atoms with van der Waals surface area (Å²) in [6.07, 6.45) is 3.56. The fourth-order valence-electron chi connectivity index (χ4n) is 1.62. The Morgan fingerprint density at radius 3 is 3.00 bits per heavy atom. The molecule has 0 fully saturated rings. The Bertz CT molecular complexity index is 530. The lowest BCUT2D eigenvalue weighted by atomic mass is 10.2. The summed E-state index contributed by atoms with van der Waals surface area (Å²) in [5, 5.41) is 8.06. The summed E-state index contributed by atoms with van der Waals surface area (Å²) < 4.78 is 15.7. The summed E-state index contributed by atoms with van der Waals surface area (Å²) in [5.74, 6) is 0.359. The van der Waals surface area contributed by atoms with Gasteiger partial charge in [0, 0.05) is 16.5 Å². The largest absolute Gasteiger partial charge is 0.248 e. The van der Waals surface area contributed by atoms with Gasteiger partial charge in [-0.25, -0.2) is 9.07 Å². The van der Waals surface area contributed by atoms with Crippen LogP contribution in [0, 0.1) is 5.82 Å². The molecule has 96 valence electrons. The fraction of sp³-hybridized carbons (Fsp3) is 0.333. The van der Waals surface area contributed by atoms with Gasteiger partial charge in [0.2, 0.25) is 0 Å². The monoisotopic (exact) mass is 331 g/mol. The maximum Gasteiger partial charge on any atom is 0.123 e. The zero-order valence-corrected chi connectivity index (χ0v) is 12.0. The Morgan fingerprint density at radius 1 is 1.39 bits per heavy atom. The second-order valence-electron chi connectivity index (χ2n) is 3.94. The molecule has 1 aromatic carbocycles. The molecule has 0 aliphatic rings. The molecule has 0 radical (unpaired) electrons. The fourth-order valence-corrected chi connectivity index (χ4v) is 2.12. The molecule has 3 nitrogen and oxygen atoms in total. The molecule has 18 heavy (non-hydrogen) atoms. The minimum atomic E-state index is -0.254. The third-order valence-corrected chi connectivity index (χ3v) is 3.53. The number of aromatic nitrogens is 3. The highest BCUT2D eigenvalue weighted by Gasteiger charge is 2.05. The first-order valence-electron chi connectivity index (χ1n) is 5.58. The number of aryl methyl sites for hydroxylation is 1. The summed E-state index contributed by atoms with van der Waals surface area (Å²) in [6, 6.07) is 4.60. The molecular formula is C12H12BrClFN3. The van der Waals surface area contributed by atoms with Gasteiger partial charge in [0.15, 0.2) is 0 Å². The number of rotatable bonds is 5. The van der Waals surface area contributed by atoms with Gasteiger partial charge in [-0.3, -0.25) is 0 Å². The van der Waals surface area contributed by atoms with E-state index in [9.17, 15) is 4.39 Å². The summed E-state index contributed by atoms with van der Waals surface area (Å²) in [6.45, 7) is 0.492. The van der Waals surface area contributed by atoms with E-state index in [2.05, 4.69) is 26.2 Å². The Kier molecular flexibility index (Phi) is 4.72. The first-order valence-corrected chi connectivity index (χ1v) is 6.90. The minimum absolute atomic E-state index is 0.254. The van der Waals surface area contributed by atoms with Crippen LogP contribution < -0.4 is 0 Å². The SMILES string of the molecule is Fc1ccc(Br)c(Cn2cc(CCCCl)nn2)c1. The second kappa shape index (κ2) is 6.29. The van der Waals surface area contributed by atoms with Crippen molar-refractivity contribution in [3.63, 3.8) is 0 Å². The number of alkyl halides is 1. The Morgan fingerprint density at radius 2 is 2.22 bits per heavy atom. The van der Waals surface area contributed by atoms with Gasteiger partial charge in [0.25, 0.3) is 0 Å². The molecule has 1 heterocycles. The number of hydrogen-bond donors (Lipinski definition) is 0. The first-order chi connectivity index (χ1) is 8.69. The number of nitrogens with zero attached hydrogens (tertiary/aromatic N) is 3. The molecule has 0 atom stereocenters. The quantitative estimate of drug-likeness (QED) is 0.786. The molecule has 2 aromatic rings. The molecule has 0 N–H and O–H groups in total. The van der Waals surface area contributed by atoms with Crippen molar-refractivity contribution in [3.05, 3.63) is 45.9 Å². The summed E-state index contributed by atoms with van der Waals surface area (Å²) in [7, 11) is 0. The number of halogens is 3. The second-order valence-corrected chi connectivity index (χ2v) is 5.17. The van der Waals surface area contributed by atoms with Crippen molar-refractivity contribution in [3.8, 4) is 0 Å². The minimum Gasteiger partial charge on any atom is -0.248 e. The zero-order chi connectivity index (χ0) is 13.0. The molecule has 2 rings (SSSR count). The van der Waals surface area contributed by atoms with E-state index in [1.54, 1.807) is 10.7 Å². The van der Waals surface area contributed by atoms with Gasteiger partial charge >= 0.3 is 0 Å². The van der Waals surface area contributed by atoms with Crippen LogP contribution in [-0.4, -0.2) is 20.9 Å². The van der Waals surface area contributed by atoms with Crippen LogP contribution in [-0.2, 0) is 13.0 Å². The molecule has 0 saturated carbocycles. The molecule has 1 aromatic heterocycles. The van der Waals surface area contributed by atoms with Crippen molar-refractivity contribution in [2.24, 2.45) is 0 Å². The molecular weight excluding hydrogens is 321 g/mol. The van der Waals surface area contributed by atoms with E-state index in [1.165, 1.54) is 12.1 Å². The van der Waals surface area contributed by atoms with Crippen LogP contribution in [0.3, 0.4) is 0 Å². The average Bonchev–Trinajstić information content (AvgIpc) is 2.79. The van der Waals surface area contributed by atoms with Crippen LogP contribution in [0.25, 0.3) is 0 Å². The van der Waals surface area contributed by atoms with Crippen molar-refractivity contribution in [1.29, 1.82) is 0 Å². The lowest BCUT2D eigenvalue weighted by Crippen LogP contribution is -2.01. The summed E-state index contributed by atoms with van der Waals surface area (Å²) in [5.41, 5.74) is 1.74. The number of benzene rings is 1. The van der Waals surface area contributed by atoms with Gasteiger partial charge in [0.1, 0.15) is 5.82 Å². The predicted octanol–water partition coefficient (Wildman–Crippen LogP) is 3.40. The van der Waals surface area contributed by atoms with E-state index in [1.807, 2.05) is 6.20 Å². The lowest BCUT2D eigenvalue weighted by Gasteiger charge is -2.03. The maximum atomic E-state index is 13.1. The van der Waals surface area contributed by atoms with Crippen LogP contribution in [0.4, 0.5) is 4.39 Å². The molecule has 0 aliphatic heterocycles. The van der Waals surface area contributed by atoms with E-state index in [0.29, 0.717) is 12.4 Å². The van der Waals surface area contributed by atoms with Crippen LogP contribution in [0.1, 0.15) is 17.7 Å². The third-order valence-electron chi connectivity index (χ3n) is 2.49. The van der Waals surface area contributed by atoms with Crippen molar-refractivity contribution in [2.75, 3.05) is 5.88 Å². The zero-order valence-electron chi connectivity index (χ0n) is 9.61. The standard InChI is InChI=1S/C12H12BrClFN3/c13-12-4-3-10(15)6-9(12)7-18-8-11(16-17-18)2-1-5-14/h3-4,6,8H,1-2,5,7H2. The van der Waals surface area contributed by atoms with Crippen molar-refractivity contribution in [1.82, 2.24) is 15.0 Å². The topological polar surface area (TPSA) is 30.7 Å². The Hall–Kier alpha value is -0.940. The molecule has 0 spiro atoms. The number of hydrogen-bond acceptors (Lipinski definition) is 2. The molecule has 0 aliphatic carbocycles. The van der Waals surface area contributed by atoms with Crippen LogP contribution in [0.15, 0.2) is 28.9 Å². The highest BCUT2D eigenvalue weighted by Crippen LogP contribution is 2.18. The highest BCUT2D eigenvalue weighted by molar-refractivity contribution is 9.10. The average molecular weight is 333 g/mol. The third kappa shape index (κ3) is 3.53. The lowest BCUT2D eigenvalue weighted by molar-refractivity contribution is 0.613. The van der Waals surface area contributed by atoms with E-state index in [0.717, 1.165) is 28.6 Å². The van der Waals surface area contributed by atoms with E-state index >= 15 is 0 Å². The van der Waals surface area contributed by atoms with E-state index in [4.69, 9.17) is 11.6 Å². The van der Waals surface area contributed by atoms with Gasteiger partial charge in [-0.15, -0.1) is 16.7 Å². The molecule has 0 bridgehead atoms. The van der Waals surface area contributed by atoms with Gasteiger partial charge in [-0.1, -0.05) is 21.1 Å². The van der Waals surface area contributed by atoms with Gasteiger partial charge in [-0.2, -0.15) is 0 Å². The Balaban J connectivity index is 2.08. The Labute approximate surface area is 118 Å². The first kappa shape index (κ1) is 13.5. The van der Waals surface area contributed by atoms with Crippen molar-refractivity contribution >= 4 is 27.5 Å². The molecule has 0 saturated heterocycles. The van der Waals surface area contributed by atoms with Crippen molar-refractivity contribution in [2.45, 2.75) is 19.4 Å². The summed E-state index contributed by atoms with van der Waals surface area (Å²) in [4.78, 5) is 0. The van der Waals surface area contributed by atoms with Crippen molar-refractivity contribution < 1.29 is 4.39 Å². The maximum absolute atomic E-state index is 13.1. The van der Waals surface area contributed by atoms with Gasteiger partial charge in [0.05, 0.1) is 12.2 Å². The smallest absolute Gasteiger partial charge is 0.123 e. The molecule has 6 heteroatoms.